The summed E-state index contributed by atoms with van der Waals surface area (Å²) < 4.78 is 0. The summed E-state index contributed by atoms with van der Waals surface area (Å²) in [5.41, 5.74) is 4.02. The maximum atomic E-state index is 12.2. The van der Waals surface area contributed by atoms with E-state index >= 15 is 0 Å². The minimum atomic E-state index is -0.907. The van der Waals surface area contributed by atoms with Crippen LogP contribution in [0.4, 0.5) is 10.5 Å². The number of aliphatic hydroxyl groups excluding tert-OH is 1. The standard InChI is InChI=1S/C22H23ClN4O4/c1-12-2-4-15(9-17(12)23)25-22(31)24-10-13-3-5-16-14(8-13)11-27(21(16)30)18-6-7-19(28)26-20(18)29/h2-5,8-9,18,21,30H,6-7,10-11H2,1H3,(H2,24,25,31)(H,26,28,29). The number of carbonyl (C=O) groups is 3. The highest BCUT2D eigenvalue weighted by Crippen LogP contribution is 2.35. The predicted molar refractivity (Wildman–Crippen MR) is 115 cm³/mol. The fourth-order valence-corrected chi connectivity index (χ4v) is 4.11. The fraction of sp³-hybridized carbons (Fsp3) is 0.318. The molecule has 0 aliphatic carbocycles. The topological polar surface area (TPSA) is 111 Å². The van der Waals surface area contributed by atoms with Crippen LogP contribution in [0, 0.1) is 6.92 Å². The molecule has 2 aliphatic heterocycles. The Kier molecular flexibility index (Phi) is 5.95. The predicted octanol–water partition coefficient (Wildman–Crippen LogP) is 2.58. The molecule has 9 heteroatoms. The Morgan fingerprint density at radius 1 is 1.26 bits per heavy atom. The number of halogens is 1. The second kappa shape index (κ2) is 8.66. The number of anilines is 1. The van der Waals surface area contributed by atoms with E-state index in [4.69, 9.17) is 11.6 Å². The highest BCUT2D eigenvalue weighted by atomic mass is 35.5. The number of imide groups is 1. The van der Waals surface area contributed by atoms with E-state index in [0.717, 1.165) is 22.3 Å². The van der Waals surface area contributed by atoms with Gasteiger partial charge < -0.3 is 15.7 Å². The van der Waals surface area contributed by atoms with E-state index in [1.54, 1.807) is 23.1 Å². The molecule has 1 fully saturated rings. The molecule has 0 radical (unpaired) electrons. The van der Waals surface area contributed by atoms with Crippen molar-refractivity contribution >= 4 is 35.1 Å². The number of hydrogen-bond acceptors (Lipinski definition) is 5. The number of aliphatic hydroxyl groups is 1. The number of aryl methyl sites for hydroxylation is 1. The second-order valence-corrected chi connectivity index (χ2v) is 8.22. The summed E-state index contributed by atoms with van der Waals surface area (Å²) in [5.74, 6) is -0.662. The maximum absolute atomic E-state index is 12.2. The molecule has 4 rings (SSSR count). The highest BCUT2D eigenvalue weighted by molar-refractivity contribution is 6.31. The maximum Gasteiger partial charge on any atom is 0.319 e. The van der Waals surface area contributed by atoms with Crippen molar-refractivity contribution in [3.8, 4) is 0 Å². The Hall–Kier alpha value is -2.94. The number of urea groups is 1. The molecule has 4 N–H and O–H groups in total. The zero-order chi connectivity index (χ0) is 22.1. The molecule has 8 nitrogen and oxygen atoms in total. The lowest BCUT2D eigenvalue weighted by Crippen LogP contribution is -2.51. The molecule has 31 heavy (non-hydrogen) atoms. The molecule has 0 spiro atoms. The SMILES string of the molecule is Cc1ccc(NC(=O)NCc2ccc3c(c2)CN(C2CCC(=O)NC2=O)C3O)cc1Cl. The average molecular weight is 443 g/mol. The number of fused-ring (bicyclic) bond motifs is 1. The lowest BCUT2D eigenvalue weighted by Gasteiger charge is -2.31. The molecular weight excluding hydrogens is 420 g/mol. The number of nitrogens with one attached hydrogen (secondary N) is 3. The van der Waals surface area contributed by atoms with E-state index in [0.29, 0.717) is 30.2 Å². The van der Waals surface area contributed by atoms with Crippen molar-refractivity contribution in [3.05, 3.63) is 63.7 Å². The monoisotopic (exact) mass is 442 g/mol. The van der Waals surface area contributed by atoms with Crippen LogP contribution in [0.1, 0.15) is 41.3 Å². The number of rotatable bonds is 4. The minimum absolute atomic E-state index is 0.256. The van der Waals surface area contributed by atoms with Crippen LogP contribution in [0.2, 0.25) is 5.02 Å². The van der Waals surface area contributed by atoms with Crippen molar-refractivity contribution in [3.63, 3.8) is 0 Å². The van der Waals surface area contributed by atoms with Crippen molar-refractivity contribution in [1.82, 2.24) is 15.5 Å². The normalized spacial score (nSPS) is 20.9. The van der Waals surface area contributed by atoms with Crippen LogP contribution in [0.25, 0.3) is 0 Å². The zero-order valence-electron chi connectivity index (χ0n) is 16.9. The Balaban J connectivity index is 1.37. The molecule has 162 valence electrons. The number of amides is 4. The molecular formula is C22H23ClN4O4. The number of carbonyl (C=O) groups excluding carboxylic acids is 3. The summed E-state index contributed by atoms with van der Waals surface area (Å²) in [7, 11) is 0. The Morgan fingerprint density at radius 2 is 2.06 bits per heavy atom. The van der Waals surface area contributed by atoms with Gasteiger partial charge in [0.2, 0.25) is 11.8 Å². The Bertz CT molecular complexity index is 1060. The third kappa shape index (κ3) is 4.56. The van der Waals surface area contributed by atoms with Gasteiger partial charge in [-0.2, -0.15) is 0 Å². The summed E-state index contributed by atoms with van der Waals surface area (Å²) in [6.07, 6.45) is -0.268. The summed E-state index contributed by atoms with van der Waals surface area (Å²) in [4.78, 5) is 37.5. The first kappa shape index (κ1) is 21.3. The van der Waals surface area contributed by atoms with Crippen LogP contribution in [0.15, 0.2) is 36.4 Å². The van der Waals surface area contributed by atoms with Crippen molar-refractivity contribution in [1.29, 1.82) is 0 Å². The van der Waals surface area contributed by atoms with E-state index in [9.17, 15) is 19.5 Å². The van der Waals surface area contributed by atoms with Crippen molar-refractivity contribution < 1.29 is 19.5 Å². The minimum Gasteiger partial charge on any atom is -0.374 e. The second-order valence-electron chi connectivity index (χ2n) is 7.82. The summed E-state index contributed by atoms with van der Waals surface area (Å²) >= 11 is 6.08. The molecule has 4 amide bonds. The van der Waals surface area contributed by atoms with Crippen molar-refractivity contribution in [2.75, 3.05) is 5.32 Å². The molecule has 2 heterocycles. The van der Waals surface area contributed by atoms with Crippen molar-refractivity contribution in [2.45, 2.75) is 45.1 Å². The number of hydrogen-bond donors (Lipinski definition) is 4. The number of benzene rings is 2. The van der Waals surface area contributed by atoms with Gasteiger partial charge in [-0.05, 0) is 47.7 Å². The molecule has 2 unspecified atom stereocenters. The molecule has 2 atom stereocenters. The largest absolute Gasteiger partial charge is 0.374 e. The highest BCUT2D eigenvalue weighted by Gasteiger charge is 2.39. The van der Waals surface area contributed by atoms with Gasteiger partial charge in [0.15, 0.2) is 0 Å². The molecule has 0 bridgehead atoms. The van der Waals surface area contributed by atoms with Gasteiger partial charge in [0.05, 0.1) is 6.04 Å². The van der Waals surface area contributed by atoms with Gasteiger partial charge in [-0.1, -0.05) is 35.9 Å². The molecule has 0 aromatic heterocycles. The number of piperidine rings is 1. The molecule has 2 aromatic carbocycles. The van der Waals surface area contributed by atoms with Gasteiger partial charge >= 0.3 is 6.03 Å². The molecule has 1 saturated heterocycles. The third-order valence-corrected chi connectivity index (χ3v) is 6.05. The fourth-order valence-electron chi connectivity index (χ4n) is 3.93. The Labute approximate surface area is 184 Å². The molecule has 2 aromatic rings. The van der Waals surface area contributed by atoms with E-state index in [1.165, 1.54) is 0 Å². The number of nitrogens with zero attached hydrogens (tertiary/aromatic N) is 1. The summed E-state index contributed by atoms with van der Waals surface area (Å²) in [6, 6.07) is 9.95. The van der Waals surface area contributed by atoms with Crippen LogP contribution >= 0.6 is 11.6 Å². The third-order valence-electron chi connectivity index (χ3n) is 5.65. The van der Waals surface area contributed by atoms with Gasteiger partial charge in [0.25, 0.3) is 0 Å². The first-order valence-electron chi connectivity index (χ1n) is 10.0. The van der Waals surface area contributed by atoms with Crippen LogP contribution in [-0.4, -0.2) is 33.9 Å². The van der Waals surface area contributed by atoms with Gasteiger partial charge in [0, 0.05) is 30.2 Å². The summed E-state index contributed by atoms with van der Waals surface area (Å²) in [6.45, 7) is 2.58. The van der Waals surface area contributed by atoms with Gasteiger partial charge in [0.1, 0.15) is 6.23 Å². The first-order chi connectivity index (χ1) is 14.8. The van der Waals surface area contributed by atoms with Crippen molar-refractivity contribution in [2.24, 2.45) is 0 Å². The van der Waals surface area contributed by atoms with E-state index in [-0.39, 0.29) is 24.3 Å². The van der Waals surface area contributed by atoms with E-state index < -0.39 is 12.3 Å². The van der Waals surface area contributed by atoms with Gasteiger partial charge in [-0.3, -0.25) is 19.8 Å². The van der Waals surface area contributed by atoms with Crippen LogP contribution in [0.3, 0.4) is 0 Å². The van der Waals surface area contributed by atoms with Crippen LogP contribution < -0.4 is 16.0 Å². The van der Waals surface area contributed by atoms with Gasteiger partial charge in [-0.25, -0.2) is 4.79 Å². The first-order valence-corrected chi connectivity index (χ1v) is 10.4. The quantitative estimate of drug-likeness (QED) is 0.544. The van der Waals surface area contributed by atoms with Crippen LogP contribution in [0.5, 0.6) is 0 Å². The van der Waals surface area contributed by atoms with E-state index in [1.807, 2.05) is 25.1 Å². The van der Waals surface area contributed by atoms with Gasteiger partial charge in [-0.15, -0.1) is 0 Å². The average Bonchev–Trinajstić information content (AvgIpc) is 3.05. The Morgan fingerprint density at radius 3 is 2.81 bits per heavy atom. The molecule has 2 aliphatic rings. The lowest BCUT2D eigenvalue weighted by atomic mass is 10.0. The lowest BCUT2D eigenvalue weighted by molar-refractivity contribution is -0.141. The van der Waals surface area contributed by atoms with Crippen LogP contribution in [-0.2, 0) is 22.7 Å². The molecule has 0 saturated carbocycles. The summed E-state index contributed by atoms with van der Waals surface area (Å²) in [5, 5.41) is 19.1. The van der Waals surface area contributed by atoms with E-state index in [2.05, 4.69) is 16.0 Å². The smallest absolute Gasteiger partial charge is 0.319 e. The zero-order valence-corrected chi connectivity index (χ0v) is 17.7.